The highest BCUT2D eigenvalue weighted by atomic mass is 19.1. The molecule has 0 unspecified atom stereocenters. The van der Waals surface area contributed by atoms with Crippen LogP contribution in [-0.2, 0) is 11.3 Å². The van der Waals surface area contributed by atoms with Crippen LogP contribution in [0.15, 0.2) is 24.4 Å². The Hall–Kier alpha value is -2.77. The summed E-state index contributed by atoms with van der Waals surface area (Å²) in [6.45, 7) is 1.47. The first-order valence-corrected chi connectivity index (χ1v) is 9.33. The third-order valence-corrected chi connectivity index (χ3v) is 5.25. The summed E-state index contributed by atoms with van der Waals surface area (Å²) in [5.74, 6) is 2.68. The zero-order valence-electron chi connectivity index (χ0n) is 14.9. The van der Waals surface area contributed by atoms with Crippen LogP contribution in [-0.4, -0.2) is 48.1 Å². The third kappa shape index (κ3) is 2.98. The minimum absolute atomic E-state index is 0.0489. The predicted octanol–water partition coefficient (Wildman–Crippen LogP) is 3.06. The number of alkyl halides is 1. The van der Waals surface area contributed by atoms with E-state index in [9.17, 15) is 9.18 Å². The fourth-order valence-electron chi connectivity index (χ4n) is 3.53. The number of halogens is 1. The highest BCUT2D eigenvalue weighted by Crippen LogP contribution is 2.37. The van der Waals surface area contributed by atoms with Gasteiger partial charge in [-0.3, -0.25) is 4.90 Å². The molecule has 27 heavy (non-hydrogen) atoms. The Balaban J connectivity index is 1.47. The average molecular weight is 372 g/mol. The molecule has 0 bridgehead atoms. The van der Waals surface area contributed by atoms with Gasteiger partial charge in [-0.05, 0) is 30.9 Å². The molecule has 0 spiro atoms. The lowest BCUT2D eigenvalue weighted by Crippen LogP contribution is -2.35. The number of benzene rings is 1. The second kappa shape index (κ2) is 6.44. The molecule has 8 heteroatoms. The number of fused-ring (bicyclic) bond motifs is 3. The Labute approximate surface area is 156 Å². The second-order valence-electron chi connectivity index (χ2n) is 7.25. The lowest BCUT2D eigenvalue weighted by Gasteiger charge is -2.15. The summed E-state index contributed by atoms with van der Waals surface area (Å²) < 4.78 is 26.1. The first-order valence-electron chi connectivity index (χ1n) is 9.33. The number of carbonyl (C=O) groups is 1. The summed E-state index contributed by atoms with van der Waals surface area (Å²) in [5, 5.41) is 3.45. The van der Waals surface area contributed by atoms with Gasteiger partial charge < -0.3 is 19.4 Å². The Morgan fingerprint density at radius 1 is 1.30 bits per heavy atom. The predicted molar refractivity (Wildman–Crippen MR) is 98.0 cm³/mol. The van der Waals surface area contributed by atoms with E-state index in [0.29, 0.717) is 24.8 Å². The highest BCUT2D eigenvalue weighted by molar-refractivity contribution is 5.89. The van der Waals surface area contributed by atoms with E-state index in [2.05, 4.69) is 10.3 Å². The number of amides is 1. The molecule has 1 atom stereocenters. The molecule has 2 aliphatic heterocycles. The molecule has 7 nitrogen and oxygen atoms in total. The van der Waals surface area contributed by atoms with Gasteiger partial charge >= 0.3 is 6.09 Å². The number of anilines is 2. The second-order valence-corrected chi connectivity index (χ2v) is 7.25. The van der Waals surface area contributed by atoms with E-state index in [1.165, 1.54) is 17.7 Å². The fraction of sp³-hybridized carbons (Fsp3) is 0.474. The molecule has 3 heterocycles. The molecule has 1 aromatic heterocycles. The SMILES string of the molecule is O=C1OC[C@@H](CF)N1c1cn2c(n1)-c1ccc(NCC3CC3)cc1OCC2. The van der Waals surface area contributed by atoms with E-state index < -0.39 is 18.8 Å². The van der Waals surface area contributed by atoms with Crippen LogP contribution in [0, 0.1) is 5.92 Å². The molecular formula is C19H21FN4O3. The van der Waals surface area contributed by atoms with Crippen molar-refractivity contribution in [1.29, 1.82) is 0 Å². The summed E-state index contributed by atoms with van der Waals surface area (Å²) in [6, 6.07) is 5.37. The summed E-state index contributed by atoms with van der Waals surface area (Å²) in [7, 11) is 0. The van der Waals surface area contributed by atoms with Crippen molar-refractivity contribution in [2.24, 2.45) is 5.92 Å². The number of hydrogen-bond donors (Lipinski definition) is 1. The van der Waals surface area contributed by atoms with Crippen molar-refractivity contribution < 1.29 is 18.7 Å². The van der Waals surface area contributed by atoms with E-state index in [4.69, 9.17) is 9.47 Å². The molecule has 0 radical (unpaired) electrons. The first-order chi connectivity index (χ1) is 13.2. The lowest BCUT2D eigenvalue weighted by atomic mass is 10.1. The van der Waals surface area contributed by atoms with Gasteiger partial charge in [-0.2, -0.15) is 0 Å². The van der Waals surface area contributed by atoms with Crippen LogP contribution in [0.1, 0.15) is 12.8 Å². The number of rotatable bonds is 5. The summed E-state index contributed by atoms with van der Waals surface area (Å²) in [6.07, 6.45) is 3.81. The van der Waals surface area contributed by atoms with E-state index in [0.717, 1.165) is 29.5 Å². The Morgan fingerprint density at radius 3 is 3.00 bits per heavy atom. The van der Waals surface area contributed by atoms with Crippen LogP contribution in [0.5, 0.6) is 5.75 Å². The maximum absolute atomic E-state index is 13.2. The van der Waals surface area contributed by atoms with Gasteiger partial charge in [0.15, 0.2) is 5.82 Å². The summed E-state index contributed by atoms with van der Waals surface area (Å²) >= 11 is 0. The van der Waals surface area contributed by atoms with Gasteiger partial charge in [-0.1, -0.05) is 0 Å². The number of cyclic esters (lactones) is 1. The zero-order chi connectivity index (χ0) is 18.4. The molecule has 1 aliphatic carbocycles. The van der Waals surface area contributed by atoms with Crippen LogP contribution in [0.3, 0.4) is 0 Å². The topological polar surface area (TPSA) is 68.6 Å². The quantitative estimate of drug-likeness (QED) is 0.874. The Morgan fingerprint density at radius 2 is 2.19 bits per heavy atom. The van der Waals surface area contributed by atoms with Crippen molar-refractivity contribution in [2.45, 2.75) is 25.4 Å². The third-order valence-electron chi connectivity index (χ3n) is 5.25. The molecular weight excluding hydrogens is 351 g/mol. The number of ether oxygens (including phenoxy) is 2. The van der Waals surface area contributed by atoms with Gasteiger partial charge in [-0.15, -0.1) is 0 Å². The number of nitrogens with zero attached hydrogens (tertiary/aromatic N) is 3. The number of hydrogen-bond acceptors (Lipinski definition) is 5. The monoisotopic (exact) mass is 372 g/mol. The zero-order valence-corrected chi connectivity index (χ0v) is 14.9. The van der Waals surface area contributed by atoms with E-state index in [-0.39, 0.29) is 6.61 Å². The van der Waals surface area contributed by atoms with Crippen molar-refractivity contribution in [2.75, 3.05) is 36.6 Å². The van der Waals surface area contributed by atoms with Crippen molar-refractivity contribution in [3.63, 3.8) is 0 Å². The number of nitrogens with one attached hydrogen (secondary N) is 1. The average Bonchev–Trinajstić information content (AvgIpc) is 3.35. The van der Waals surface area contributed by atoms with E-state index >= 15 is 0 Å². The van der Waals surface area contributed by atoms with Crippen molar-refractivity contribution in [3.05, 3.63) is 24.4 Å². The fourth-order valence-corrected chi connectivity index (χ4v) is 3.53. The Kier molecular flexibility index (Phi) is 3.91. The van der Waals surface area contributed by atoms with E-state index in [1.54, 1.807) is 6.20 Å². The number of imidazole rings is 1. The number of aromatic nitrogens is 2. The summed E-state index contributed by atoms with van der Waals surface area (Å²) in [5.41, 5.74) is 1.89. The van der Waals surface area contributed by atoms with Gasteiger partial charge in [0.05, 0.1) is 12.1 Å². The highest BCUT2D eigenvalue weighted by Gasteiger charge is 2.36. The number of carbonyl (C=O) groups excluding carboxylic acids is 1. The van der Waals surface area contributed by atoms with Crippen molar-refractivity contribution >= 4 is 17.6 Å². The van der Waals surface area contributed by atoms with Crippen LogP contribution >= 0.6 is 0 Å². The van der Waals surface area contributed by atoms with Gasteiger partial charge in [0, 0.05) is 24.5 Å². The lowest BCUT2D eigenvalue weighted by molar-refractivity contribution is 0.177. The standard InChI is InChI=1S/C19H21FN4O3/c20-8-14-11-27-19(25)24(14)17-10-23-5-6-26-16-7-13(21-9-12-1-2-12)3-4-15(16)18(23)22-17/h3-4,7,10,12,14,21H,1-2,5-6,8-9,11H2/t14-/m1/s1. The molecule has 5 rings (SSSR count). The van der Waals surface area contributed by atoms with Gasteiger partial charge in [0.2, 0.25) is 0 Å². The molecule has 2 aromatic rings. The molecule has 3 aliphatic rings. The van der Waals surface area contributed by atoms with Gasteiger partial charge in [0.25, 0.3) is 0 Å². The maximum Gasteiger partial charge on any atom is 0.416 e. The molecule has 2 fully saturated rings. The van der Waals surface area contributed by atoms with Crippen LogP contribution < -0.4 is 15.0 Å². The van der Waals surface area contributed by atoms with E-state index in [1.807, 2.05) is 22.8 Å². The molecule has 1 saturated carbocycles. The molecule has 1 saturated heterocycles. The summed E-state index contributed by atoms with van der Waals surface area (Å²) in [4.78, 5) is 17.9. The Bertz CT molecular complexity index is 880. The van der Waals surface area contributed by atoms with Crippen molar-refractivity contribution in [1.82, 2.24) is 9.55 Å². The van der Waals surface area contributed by atoms with Gasteiger partial charge in [-0.25, -0.2) is 14.2 Å². The van der Waals surface area contributed by atoms with Crippen LogP contribution in [0.4, 0.5) is 20.7 Å². The maximum atomic E-state index is 13.2. The molecule has 1 N–H and O–H groups in total. The first kappa shape index (κ1) is 16.4. The van der Waals surface area contributed by atoms with Crippen molar-refractivity contribution in [3.8, 4) is 17.1 Å². The molecule has 1 aromatic carbocycles. The smallest absolute Gasteiger partial charge is 0.416 e. The normalized spacial score (nSPS) is 21.1. The van der Waals surface area contributed by atoms with Crippen LogP contribution in [0.2, 0.25) is 0 Å². The van der Waals surface area contributed by atoms with Gasteiger partial charge in [0.1, 0.15) is 37.5 Å². The largest absolute Gasteiger partial charge is 0.491 e. The minimum Gasteiger partial charge on any atom is -0.491 e. The molecule has 142 valence electrons. The van der Waals surface area contributed by atoms with Crippen LogP contribution in [0.25, 0.3) is 11.4 Å². The molecule has 1 amide bonds. The minimum atomic E-state index is -0.663.